The number of nitrogens with zero attached hydrogens (tertiary/aromatic N) is 1. The molecule has 0 saturated heterocycles. The predicted octanol–water partition coefficient (Wildman–Crippen LogP) is 1.71. The summed E-state index contributed by atoms with van der Waals surface area (Å²) in [4.78, 5) is 0. The first-order chi connectivity index (χ1) is 4.91. The summed E-state index contributed by atoms with van der Waals surface area (Å²) in [6, 6.07) is 0. The Kier molecular flexibility index (Phi) is 7.12. The molecule has 0 atom stereocenters. The van der Waals surface area contributed by atoms with Crippen LogP contribution in [0.1, 0.15) is 13.3 Å². The highest BCUT2D eigenvalue weighted by atomic mass is 15.3. The van der Waals surface area contributed by atoms with E-state index in [-0.39, 0.29) is 0 Å². The molecule has 0 aromatic carbocycles. The largest absolute Gasteiger partial charge is 0.310 e. The quantitative estimate of drug-likeness (QED) is 0.266. The average molecular weight is 138 g/mol. The molecule has 2 heteroatoms. The highest BCUT2D eigenvalue weighted by molar-refractivity contribution is 5.71. The molecule has 0 bridgehead atoms. The Labute approximate surface area is 62.3 Å². The Morgan fingerprint density at radius 3 is 2.90 bits per heavy atom. The van der Waals surface area contributed by atoms with Crippen LogP contribution in [0.2, 0.25) is 0 Å². The molecule has 10 heavy (non-hydrogen) atoms. The summed E-state index contributed by atoms with van der Waals surface area (Å²) in [5.41, 5.74) is 2.88. The van der Waals surface area contributed by atoms with Crippen LogP contribution < -0.4 is 5.43 Å². The van der Waals surface area contributed by atoms with Gasteiger partial charge < -0.3 is 5.43 Å². The maximum atomic E-state index is 3.89. The molecular formula is C8H14N2. The monoisotopic (exact) mass is 138 g/mol. The summed E-state index contributed by atoms with van der Waals surface area (Å²) >= 11 is 0. The molecule has 0 spiro atoms. The summed E-state index contributed by atoms with van der Waals surface area (Å²) in [5, 5.41) is 3.89. The second kappa shape index (κ2) is 7.95. The van der Waals surface area contributed by atoms with Gasteiger partial charge >= 0.3 is 0 Å². The lowest BCUT2D eigenvalue weighted by atomic mass is 10.5. The molecule has 0 unspecified atom stereocenters. The molecule has 0 aromatic rings. The van der Waals surface area contributed by atoms with Gasteiger partial charge in [0.2, 0.25) is 0 Å². The fourth-order valence-electron chi connectivity index (χ4n) is 0.400. The van der Waals surface area contributed by atoms with Gasteiger partial charge in [-0.25, -0.2) is 0 Å². The maximum absolute atomic E-state index is 3.89. The number of nitrogens with one attached hydrogen (secondary N) is 1. The van der Waals surface area contributed by atoms with E-state index in [0.717, 1.165) is 13.0 Å². The molecule has 0 aliphatic carbocycles. The summed E-state index contributed by atoms with van der Waals surface area (Å²) in [7, 11) is 0. The van der Waals surface area contributed by atoms with E-state index in [1.807, 2.05) is 12.2 Å². The average Bonchev–Trinajstić information content (AvgIpc) is 1.97. The zero-order valence-corrected chi connectivity index (χ0v) is 6.38. The van der Waals surface area contributed by atoms with Gasteiger partial charge in [-0.3, -0.25) is 0 Å². The third-order valence-electron chi connectivity index (χ3n) is 0.861. The topological polar surface area (TPSA) is 24.4 Å². The van der Waals surface area contributed by atoms with E-state index in [0.29, 0.717) is 0 Å². The van der Waals surface area contributed by atoms with Gasteiger partial charge in [-0.1, -0.05) is 25.7 Å². The van der Waals surface area contributed by atoms with E-state index in [1.165, 1.54) is 0 Å². The van der Waals surface area contributed by atoms with Gasteiger partial charge in [-0.15, -0.1) is 0 Å². The minimum Gasteiger partial charge on any atom is -0.310 e. The zero-order valence-electron chi connectivity index (χ0n) is 6.38. The fraction of sp³-hybridized carbons (Fsp3) is 0.375. The van der Waals surface area contributed by atoms with Crippen LogP contribution >= 0.6 is 0 Å². The smallest absolute Gasteiger partial charge is 0.0468 e. The minimum atomic E-state index is 0.929. The van der Waals surface area contributed by atoms with Gasteiger partial charge in [0, 0.05) is 12.8 Å². The standard InChI is InChI=1S/C8H14N2/c1-3-5-6-8-10-9-7-4-2/h3,5-6,8-9H,1,4,7H2,2H3/b6-5-,10-8-. The van der Waals surface area contributed by atoms with Gasteiger partial charge in [-0.05, 0) is 12.5 Å². The van der Waals surface area contributed by atoms with Crippen LogP contribution in [0.15, 0.2) is 29.9 Å². The number of hydrogen-bond donors (Lipinski definition) is 1. The lowest BCUT2D eigenvalue weighted by Crippen LogP contribution is -2.05. The molecule has 0 amide bonds. The van der Waals surface area contributed by atoms with E-state index in [1.54, 1.807) is 12.3 Å². The summed E-state index contributed by atoms with van der Waals surface area (Å²) < 4.78 is 0. The summed E-state index contributed by atoms with van der Waals surface area (Å²) in [6.45, 7) is 6.55. The highest BCUT2D eigenvalue weighted by Gasteiger charge is 1.70. The molecule has 0 aliphatic heterocycles. The normalized spacial score (nSPS) is 10.9. The molecular weight excluding hydrogens is 124 g/mol. The van der Waals surface area contributed by atoms with Crippen molar-refractivity contribution >= 4 is 6.21 Å². The van der Waals surface area contributed by atoms with Crippen LogP contribution in [0.4, 0.5) is 0 Å². The molecule has 0 rings (SSSR count). The van der Waals surface area contributed by atoms with Crippen LogP contribution in [0.5, 0.6) is 0 Å². The molecule has 0 fully saturated rings. The Hall–Kier alpha value is -1.05. The molecule has 0 aromatic heterocycles. The van der Waals surface area contributed by atoms with E-state index in [4.69, 9.17) is 0 Å². The van der Waals surface area contributed by atoms with E-state index in [9.17, 15) is 0 Å². The first-order valence-corrected chi connectivity index (χ1v) is 3.45. The fourth-order valence-corrected chi connectivity index (χ4v) is 0.400. The highest BCUT2D eigenvalue weighted by Crippen LogP contribution is 1.70. The van der Waals surface area contributed by atoms with Crippen LogP contribution in [0.25, 0.3) is 0 Å². The molecule has 0 radical (unpaired) electrons. The van der Waals surface area contributed by atoms with Crippen LogP contribution in [-0.2, 0) is 0 Å². The third kappa shape index (κ3) is 6.95. The molecule has 1 N–H and O–H groups in total. The van der Waals surface area contributed by atoms with Crippen molar-refractivity contribution < 1.29 is 0 Å². The van der Waals surface area contributed by atoms with Crippen molar-refractivity contribution in [3.8, 4) is 0 Å². The molecule has 0 aliphatic rings. The Balaban J connectivity index is 3.19. The van der Waals surface area contributed by atoms with E-state index in [2.05, 4.69) is 24.0 Å². The van der Waals surface area contributed by atoms with Gasteiger partial charge in [0.1, 0.15) is 0 Å². The van der Waals surface area contributed by atoms with Gasteiger partial charge in [-0.2, -0.15) is 5.10 Å². The van der Waals surface area contributed by atoms with Crippen molar-refractivity contribution in [1.29, 1.82) is 0 Å². The Morgan fingerprint density at radius 2 is 2.30 bits per heavy atom. The van der Waals surface area contributed by atoms with Crippen molar-refractivity contribution in [2.24, 2.45) is 5.10 Å². The van der Waals surface area contributed by atoms with Crippen molar-refractivity contribution in [2.75, 3.05) is 6.54 Å². The molecule has 2 nitrogen and oxygen atoms in total. The van der Waals surface area contributed by atoms with Crippen LogP contribution in [-0.4, -0.2) is 12.8 Å². The van der Waals surface area contributed by atoms with E-state index >= 15 is 0 Å². The Morgan fingerprint density at radius 1 is 1.50 bits per heavy atom. The van der Waals surface area contributed by atoms with Crippen molar-refractivity contribution in [1.82, 2.24) is 5.43 Å². The summed E-state index contributed by atoms with van der Waals surface area (Å²) in [5.74, 6) is 0. The van der Waals surface area contributed by atoms with Crippen molar-refractivity contribution in [3.05, 3.63) is 24.8 Å². The first-order valence-electron chi connectivity index (χ1n) is 3.45. The van der Waals surface area contributed by atoms with E-state index < -0.39 is 0 Å². The summed E-state index contributed by atoms with van der Waals surface area (Å²) in [6.07, 6.45) is 8.18. The van der Waals surface area contributed by atoms with Crippen LogP contribution in [0, 0.1) is 0 Å². The van der Waals surface area contributed by atoms with Gasteiger partial charge in [0.15, 0.2) is 0 Å². The second-order valence-electron chi connectivity index (χ2n) is 1.81. The lowest BCUT2D eigenvalue weighted by molar-refractivity contribution is 0.720. The third-order valence-corrected chi connectivity index (χ3v) is 0.861. The minimum absolute atomic E-state index is 0.929. The predicted molar refractivity (Wildman–Crippen MR) is 46.1 cm³/mol. The zero-order chi connectivity index (χ0) is 7.66. The van der Waals surface area contributed by atoms with Gasteiger partial charge in [0.05, 0.1) is 0 Å². The molecule has 0 saturated carbocycles. The SMILES string of the molecule is C=C/C=C\C=N/NCCC. The van der Waals surface area contributed by atoms with Crippen molar-refractivity contribution in [2.45, 2.75) is 13.3 Å². The second-order valence-corrected chi connectivity index (χ2v) is 1.81. The van der Waals surface area contributed by atoms with Gasteiger partial charge in [0.25, 0.3) is 0 Å². The molecule has 56 valence electrons. The number of allylic oxidation sites excluding steroid dienone is 3. The maximum Gasteiger partial charge on any atom is 0.0468 e. The number of hydrazone groups is 1. The number of rotatable bonds is 5. The van der Waals surface area contributed by atoms with Crippen molar-refractivity contribution in [3.63, 3.8) is 0 Å². The van der Waals surface area contributed by atoms with Crippen LogP contribution in [0.3, 0.4) is 0 Å². The molecule has 0 heterocycles. The Bertz CT molecular complexity index is 125. The number of hydrogen-bond acceptors (Lipinski definition) is 2. The first kappa shape index (κ1) is 8.95. The lowest BCUT2D eigenvalue weighted by Gasteiger charge is -1.91.